The third-order valence-electron chi connectivity index (χ3n) is 14.9. The van der Waals surface area contributed by atoms with Crippen molar-refractivity contribution in [3.05, 3.63) is 187 Å². The number of rotatable bonds is 5. The molecule has 3 nitrogen and oxygen atoms in total. The molecule has 0 radical (unpaired) electrons. The van der Waals surface area contributed by atoms with Crippen molar-refractivity contribution in [1.82, 2.24) is 15.0 Å². The van der Waals surface area contributed by atoms with Crippen LogP contribution in [-0.2, 0) is 5.41 Å². The summed E-state index contributed by atoms with van der Waals surface area (Å²) in [7, 11) is 0. The molecule has 0 aliphatic heterocycles. The van der Waals surface area contributed by atoms with Crippen LogP contribution in [0.3, 0.4) is 0 Å². The van der Waals surface area contributed by atoms with Gasteiger partial charge < -0.3 is 0 Å². The van der Waals surface area contributed by atoms with Crippen LogP contribution in [-0.4, -0.2) is 15.0 Å². The van der Waals surface area contributed by atoms with Crippen molar-refractivity contribution in [2.24, 2.45) is 23.7 Å². The van der Waals surface area contributed by atoms with Gasteiger partial charge in [-0.3, -0.25) is 0 Å². The molecule has 286 valence electrons. The Labute approximate surface area is 350 Å². The van der Waals surface area contributed by atoms with E-state index in [1.807, 2.05) is 18.2 Å². The van der Waals surface area contributed by atoms with Gasteiger partial charge in [0.2, 0.25) is 0 Å². The third-order valence-corrected chi connectivity index (χ3v) is 14.9. The molecular formula is C57H43N3. The first kappa shape index (κ1) is 34.2. The van der Waals surface area contributed by atoms with E-state index >= 15 is 0 Å². The number of nitrogens with zero attached hydrogens (tertiary/aromatic N) is 3. The quantitative estimate of drug-likeness (QED) is 0.175. The zero-order valence-electron chi connectivity index (χ0n) is 33.4. The minimum absolute atomic E-state index is 0.126. The summed E-state index contributed by atoms with van der Waals surface area (Å²) in [5, 5.41) is 5.02. The van der Waals surface area contributed by atoms with Crippen molar-refractivity contribution in [2.45, 2.75) is 37.5 Å². The maximum absolute atomic E-state index is 5.14. The zero-order chi connectivity index (χ0) is 39.4. The highest BCUT2D eigenvalue weighted by atomic mass is 15.0. The molecule has 4 bridgehead atoms. The molecule has 14 rings (SSSR count). The van der Waals surface area contributed by atoms with Crippen LogP contribution in [0.5, 0.6) is 0 Å². The standard InChI is InChI=1S/C57H43N3/c1-2-11-40(12-3-1)54-58-55(60-56(59-54)50-19-9-15-39-10-6-7-18-48(39)50)45-17-8-16-41(31-45)37-20-22-38(23-21-37)44-24-25-49-51-32-42-13-4-5-14-43(42)33-53(51)57(52(49)34-44)46-27-35-26-36(29-46)30-47(57)28-35/h1-25,31-36,46-47H,26-30H2. The fourth-order valence-corrected chi connectivity index (χ4v) is 12.5. The fourth-order valence-electron chi connectivity index (χ4n) is 12.5. The molecule has 4 fully saturated rings. The van der Waals surface area contributed by atoms with E-state index < -0.39 is 0 Å². The summed E-state index contributed by atoms with van der Waals surface area (Å²) in [6.07, 6.45) is 7.02. The molecule has 5 aliphatic rings. The molecule has 60 heavy (non-hydrogen) atoms. The molecule has 9 aromatic rings. The summed E-state index contributed by atoms with van der Waals surface area (Å²) >= 11 is 0. The summed E-state index contributed by atoms with van der Waals surface area (Å²) in [4.78, 5) is 15.2. The smallest absolute Gasteiger partial charge is 0.164 e. The van der Waals surface area contributed by atoms with Gasteiger partial charge in [-0.25, -0.2) is 15.0 Å². The molecule has 8 aromatic carbocycles. The maximum atomic E-state index is 5.14. The summed E-state index contributed by atoms with van der Waals surface area (Å²) in [6.45, 7) is 0. The summed E-state index contributed by atoms with van der Waals surface area (Å²) < 4.78 is 0. The molecule has 0 saturated heterocycles. The minimum atomic E-state index is 0.126. The van der Waals surface area contributed by atoms with Crippen LogP contribution in [0, 0.1) is 23.7 Å². The van der Waals surface area contributed by atoms with Crippen LogP contribution in [0.1, 0.15) is 43.2 Å². The van der Waals surface area contributed by atoms with E-state index in [0.29, 0.717) is 17.5 Å². The highest BCUT2D eigenvalue weighted by molar-refractivity contribution is 5.96. The van der Waals surface area contributed by atoms with Gasteiger partial charge in [-0.2, -0.15) is 0 Å². The summed E-state index contributed by atoms with van der Waals surface area (Å²) in [6, 6.07) is 64.4. The largest absolute Gasteiger partial charge is 0.208 e. The SMILES string of the molecule is c1ccc(-c2nc(-c3cccc(-c4ccc(-c5ccc6c(c5)C5(c7cc8ccccc8cc7-6)C6CC7CC(C6)CC5C7)cc4)c3)nc(-c3cccc4ccccc34)n2)cc1. The summed E-state index contributed by atoms with van der Waals surface area (Å²) in [5.41, 5.74) is 14.1. The monoisotopic (exact) mass is 769 g/mol. The van der Waals surface area contributed by atoms with Gasteiger partial charge in [0.05, 0.1) is 0 Å². The molecule has 5 aliphatic carbocycles. The number of benzene rings is 8. The van der Waals surface area contributed by atoms with Crippen LogP contribution in [0.15, 0.2) is 176 Å². The first-order valence-corrected chi connectivity index (χ1v) is 21.8. The van der Waals surface area contributed by atoms with Crippen molar-refractivity contribution in [3.63, 3.8) is 0 Å². The number of aromatic nitrogens is 3. The average Bonchev–Trinajstić information content (AvgIpc) is 3.58. The second-order valence-corrected chi connectivity index (χ2v) is 18.0. The predicted molar refractivity (Wildman–Crippen MR) is 245 cm³/mol. The van der Waals surface area contributed by atoms with Crippen LogP contribution in [0.25, 0.3) is 89.1 Å². The second kappa shape index (κ2) is 13.1. The second-order valence-electron chi connectivity index (χ2n) is 18.0. The lowest BCUT2D eigenvalue weighted by atomic mass is 9.43. The fraction of sp³-hybridized carbons (Fsp3) is 0.175. The van der Waals surface area contributed by atoms with Crippen molar-refractivity contribution < 1.29 is 0 Å². The number of hydrogen-bond donors (Lipinski definition) is 0. The Bertz CT molecular complexity index is 3130. The van der Waals surface area contributed by atoms with Crippen LogP contribution < -0.4 is 0 Å². The number of hydrogen-bond acceptors (Lipinski definition) is 3. The lowest BCUT2D eigenvalue weighted by Gasteiger charge is -2.61. The van der Waals surface area contributed by atoms with Crippen LogP contribution >= 0.6 is 0 Å². The molecule has 0 N–H and O–H groups in total. The molecular weight excluding hydrogens is 727 g/mol. The van der Waals surface area contributed by atoms with Gasteiger partial charge in [-0.1, -0.05) is 152 Å². The highest BCUT2D eigenvalue weighted by Crippen LogP contribution is 2.69. The van der Waals surface area contributed by atoms with E-state index in [1.165, 1.54) is 70.7 Å². The van der Waals surface area contributed by atoms with E-state index in [9.17, 15) is 0 Å². The molecule has 1 heterocycles. The molecule has 1 aromatic heterocycles. The molecule has 0 unspecified atom stereocenters. The van der Waals surface area contributed by atoms with Gasteiger partial charge in [-0.05, 0) is 146 Å². The highest BCUT2D eigenvalue weighted by Gasteiger charge is 2.61. The van der Waals surface area contributed by atoms with Crippen molar-refractivity contribution in [1.29, 1.82) is 0 Å². The van der Waals surface area contributed by atoms with E-state index in [2.05, 4.69) is 158 Å². The minimum Gasteiger partial charge on any atom is -0.208 e. The third kappa shape index (κ3) is 5.18. The Morgan fingerprint density at radius 1 is 0.333 bits per heavy atom. The van der Waals surface area contributed by atoms with Crippen molar-refractivity contribution in [2.75, 3.05) is 0 Å². The van der Waals surface area contributed by atoms with Gasteiger partial charge >= 0.3 is 0 Å². The Morgan fingerprint density at radius 2 is 0.867 bits per heavy atom. The molecule has 0 atom stereocenters. The van der Waals surface area contributed by atoms with Gasteiger partial charge in [0.15, 0.2) is 17.5 Å². The van der Waals surface area contributed by atoms with E-state index in [0.717, 1.165) is 56.7 Å². The molecule has 3 heteroatoms. The van der Waals surface area contributed by atoms with Gasteiger partial charge in [0.25, 0.3) is 0 Å². The van der Waals surface area contributed by atoms with E-state index in [1.54, 1.807) is 11.1 Å². The Morgan fingerprint density at radius 3 is 1.62 bits per heavy atom. The van der Waals surface area contributed by atoms with E-state index in [-0.39, 0.29) is 5.41 Å². The van der Waals surface area contributed by atoms with Gasteiger partial charge in [0, 0.05) is 22.1 Å². The zero-order valence-corrected chi connectivity index (χ0v) is 33.4. The summed E-state index contributed by atoms with van der Waals surface area (Å²) in [5.74, 6) is 5.30. The number of fused-ring (bicyclic) bond motifs is 5. The lowest BCUT2D eigenvalue weighted by Crippen LogP contribution is -2.55. The van der Waals surface area contributed by atoms with Gasteiger partial charge in [0.1, 0.15) is 0 Å². The van der Waals surface area contributed by atoms with E-state index in [4.69, 9.17) is 15.0 Å². The Hall–Kier alpha value is -6.71. The Balaban J connectivity index is 0.877. The molecule has 0 amide bonds. The van der Waals surface area contributed by atoms with Crippen molar-refractivity contribution >= 4 is 21.5 Å². The molecule has 1 spiro atoms. The van der Waals surface area contributed by atoms with Crippen molar-refractivity contribution in [3.8, 4) is 67.5 Å². The first-order valence-electron chi connectivity index (χ1n) is 21.8. The average molecular weight is 770 g/mol. The van der Waals surface area contributed by atoms with Gasteiger partial charge in [-0.15, -0.1) is 0 Å². The van der Waals surface area contributed by atoms with Crippen LogP contribution in [0.4, 0.5) is 0 Å². The molecule has 4 saturated carbocycles. The lowest BCUT2D eigenvalue weighted by molar-refractivity contribution is -0.0398. The maximum Gasteiger partial charge on any atom is 0.164 e. The normalized spacial score (nSPS) is 22.1. The van der Waals surface area contributed by atoms with Crippen LogP contribution in [0.2, 0.25) is 0 Å². The first-order chi connectivity index (χ1) is 29.7. The topological polar surface area (TPSA) is 38.7 Å². The predicted octanol–water partition coefficient (Wildman–Crippen LogP) is 14.2. The Kier molecular flexibility index (Phi) is 7.49.